The third-order valence-electron chi connectivity index (χ3n) is 4.71. The highest BCUT2D eigenvalue weighted by atomic mass is 16.5. The standard InChI is InChI=1S/C22H25N3O3/c1-28-22(27)17-7-9-18(10-8-17)25-19-11-12-20(24-15-19)21(26)23-14-13-16-5-3-2-4-6-16/h5,7-12,15,25H,2-4,6,13-14H2,1H3,(H,23,26). The molecule has 0 radical (unpaired) electrons. The van der Waals surface area contributed by atoms with Crippen LogP contribution in [0.15, 0.2) is 54.2 Å². The summed E-state index contributed by atoms with van der Waals surface area (Å²) in [6.07, 6.45) is 9.66. The summed E-state index contributed by atoms with van der Waals surface area (Å²) in [5, 5.41) is 6.12. The van der Waals surface area contributed by atoms with Gasteiger partial charge in [0.15, 0.2) is 0 Å². The molecular weight excluding hydrogens is 354 g/mol. The number of pyridine rings is 1. The van der Waals surface area contributed by atoms with Crippen molar-refractivity contribution in [3.8, 4) is 0 Å². The van der Waals surface area contributed by atoms with Crippen LogP contribution in [0.25, 0.3) is 0 Å². The number of benzene rings is 1. The van der Waals surface area contributed by atoms with Gasteiger partial charge in [0, 0.05) is 12.2 Å². The third kappa shape index (κ3) is 5.42. The maximum atomic E-state index is 12.2. The average molecular weight is 379 g/mol. The minimum atomic E-state index is -0.372. The molecule has 0 spiro atoms. The van der Waals surface area contributed by atoms with Crippen molar-refractivity contribution in [2.45, 2.75) is 32.1 Å². The number of nitrogens with zero attached hydrogens (tertiary/aromatic N) is 1. The molecule has 0 saturated carbocycles. The normalized spacial score (nSPS) is 13.4. The van der Waals surface area contributed by atoms with Gasteiger partial charge in [-0.05, 0) is 68.5 Å². The molecule has 146 valence electrons. The number of anilines is 2. The maximum absolute atomic E-state index is 12.2. The van der Waals surface area contributed by atoms with Crippen molar-refractivity contribution in [2.75, 3.05) is 19.0 Å². The highest BCUT2D eigenvalue weighted by Gasteiger charge is 2.09. The first-order chi connectivity index (χ1) is 13.7. The molecule has 0 saturated heterocycles. The number of esters is 1. The molecule has 6 heteroatoms. The summed E-state index contributed by atoms with van der Waals surface area (Å²) >= 11 is 0. The molecule has 2 N–H and O–H groups in total. The summed E-state index contributed by atoms with van der Waals surface area (Å²) < 4.78 is 4.68. The first-order valence-corrected chi connectivity index (χ1v) is 9.53. The zero-order chi connectivity index (χ0) is 19.8. The number of allylic oxidation sites excluding steroid dienone is 1. The lowest BCUT2D eigenvalue weighted by atomic mass is 9.97. The summed E-state index contributed by atoms with van der Waals surface area (Å²) in [4.78, 5) is 27.9. The lowest BCUT2D eigenvalue weighted by molar-refractivity contribution is 0.0600. The number of nitrogens with one attached hydrogen (secondary N) is 2. The van der Waals surface area contributed by atoms with Crippen LogP contribution in [0.5, 0.6) is 0 Å². The van der Waals surface area contributed by atoms with Crippen LogP contribution >= 0.6 is 0 Å². The molecule has 28 heavy (non-hydrogen) atoms. The zero-order valence-corrected chi connectivity index (χ0v) is 16.0. The topological polar surface area (TPSA) is 80.3 Å². The van der Waals surface area contributed by atoms with E-state index in [1.54, 1.807) is 42.6 Å². The van der Waals surface area contributed by atoms with Crippen molar-refractivity contribution >= 4 is 23.3 Å². The lowest BCUT2D eigenvalue weighted by Gasteiger charge is -2.13. The number of hydrogen-bond donors (Lipinski definition) is 2. The minimum Gasteiger partial charge on any atom is -0.465 e. The van der Waals surface area contributed by atoms with Crippen LogP contribution in [0.3, 0.4) is 0 Å². The molecule has 3 rings (SSSR count). The van der Waals surface area contributed by atoms with Gasteiger partial charge in [0.1, 0.15) is 5.69 Å². The Morgan fingerprint density at radius 3 is 2.50 bits per heavy atom. The number of hydrogen-bond acceptors (Lipinski definition) is 5. The van der Waals surface area contributed by atoms with Crippen LogP contribution in [0, 0.1) is 0 Å². The van der Waals surface area contributed by atoms with E-state index in [1.165, 1.54) is 25.5 Å². The second-order valence-electron chi connectivity index (χ2n) is 6.74. The van der Waals surface area contributed by atoms with Crippen LogP contribution in [0.4, 0.5) is 11.4 Å². The van der Waals surface area contributed by atoms with Gasteiger partial charge in [0.05, 0.1) is 24.6 Å². The van der Waals surface area contributed by atoms with E-state index in [1.807, 2.05) is 0 Å². The van der Waals surface area contributed by atoms with E-state index in [2.05, 4.69) is 26.4 Å². The van der Waals surface area contributed by atoms with Crippen LogP contribution < -0.4 is 10.6 Å². The van der Waals surface area contributed by atoms with Crippen molar-refractivity contribution < 1.29 is 14.3 Å². The van der Waals surface area contributed by atoms with E-state index < -0.39 is 0 Å². The molecule has 0 atom stereocenters. The molecule has 0 aliphatic heterocycles. The highest BCUT2D eigenvalue weighted by Crippen LogP contribution is 2.20. The van der Waals surface area contributed by atoms with E-state index in [0.29, 0.717) is 17.8 Å². The van der Waals surface area contributed by atoms with Crippen LogP contribution in [0.1, 0.15) is 53.0 Å². The van der Waals surface area contributed by atoms with Crippen molar-refractivity contribution in [3.05, 3.63) is 65.5 Å². The minimum absolute atomic E-state index is 0.162. The fraction of sp³-hybridized carbons (Fsp3) is 0.318. The Morgan fingerprint density at radius 2 is 1.86 bits per heavy atom. The van der Waals surface area contributed by atoms with Gasteiger partial charge in [-0.15, -0.1) is 0 Å². The zero-order valence-electron chi connectivity index (χ0n) is 16.0. The van der Waals surface area contributed by atoms with Crippen LogP contribution in [0.2, 0.25) is 0 Å². The number of carbonyl (C=O) groups is 2. The maximum Gasteiger partial charge on any atom is 0.337 e. The summed E-state index contributed by atoms with van der Waals surface area (Å²) in [7, 11) is 1.35. The van der Waals surface area contributed by atoms with E-state index in [4.69, 9.17) is 0 Å². The predicted octanol–water partition coefficient (Wildman–Crippen LogP) is 4.23. The smallest absolute Gasteiger partial charge is 0.337 e. The Kier molecular flexibility index (Phi) is 6.78. The Balaban J connectivity index is 1.50. The van der Waals surface area contributed by atoms with Gasteiger partial charge in [0.2, 0.25) is 0 Å². The Hall–Kier alpha value is -3.15. The van der Waals surface area contributed by atoms with Gasteiger partial charge in [-0.1, -0.05) is 11.6 Å². The largest absolute Gasteiger partial charge is 0.465 e. The molecule has 1 aromatic carbocycles. The number of rotatable bonds is 7. The summed E-state index contributed by atoms with van der Waals surface area (Å²) in [5.41, 5.74) is 3.89. The van der Waals surface area contributed by atoms with Gasteiger partial charge in [-0.25, -0.2) is 9.78 Å². The number of aromatic nitrogens is 1. The predicted molar refractivity (Wildman–Crippen MR) is 109 cm³/mol. The molecule has 2 aromatic rings. The van der Waals surface area contributed by atoms with E-state index in [-0.39, 0.29) is 11.9 Å². The fourth-order valence-electron chi connectivity index (χ4n) is 3.14. The van der Waals surface area contributed by atoms with Gasteiger partial charge in [-0.3, -0.25) is 4.79 Å². The molecule has 0 bridgehead atoms. The average Bonchev–Trinajstić information content (AvgIpc) is 2.75. The molecule has 1 aliphatic carbocycles. The molecule has 1 aliphatic rings. The van der Waals surface area contributed by atoms with Gasteiger partial charge in [0.25, 0.3) is 5.91 Å². The lowest BCUT2D eigenvalue weighted by Crippen LogP contribution is -2.25. The van der Waals surface area contributed by atoms with Crippen molar-refractivity contribution in [1.82, 2.24) is 10.3 Å². The van der Waals surface area contributed by atoms with Crippen LogP contribution in [-0.2, 0) is 4.74 Å². The molecule has 1 aromatic heterocycles. The molecule has 1 amide bonds. The van der Waals surface area contributed by atoms with Crippen LogP contribution in [-0.4, -0.2) is 30.5 Å². The van der Waals surface area contributed by atoms with E-state index in [9.17, 15) is 9.59 Å². The third-order valence-corrected chi connectivity index (χ3v) is 4.71. The van der Waals surface area contributed by atoms with Gasteiger partial charge in [-0.2, -0.15) is 0 Å². The monoisotopic (exact) mass is 379 g/mol. The quantitative estimate of drug-likeness (QED) is 0.556. The molecule has 0 unspecified atom stereocenters. The first-order valence-electron chi connectivity index (χ1n) is 9.53. The molecule has 0 fully saturated rings. The second kappa shape index (κ2) is 9.69. The Bertz CT molecular complexity index is 842. The molecule has 1 heterocycles. The SMILES string of the molecule is COC(=O)c1ccc(Nc2ccc(C(=O)NCCC3=CCCCC3)nc2)cc1. The molecular formula is C22H25N3O3. The van der Waals surface area contributed by atoms with Gasteiger partial charge < -0.3 is 15.4 Å². The molecule has 6 nitrogen and oxygen atoms in total. The van der Waals surface area contributed by atoms with Crippen molar-refractivity contribution in [1.29, 1.82) is 0 Å². The fourth-order valence-corrected chi connectivity index (χ4v) is 3.14. The number of methoxy groups -OCH3 is 1. The number of amides is 1. The number of carbonyl (C=O) groups excluding carboxylic acids is 2. The van der Waals surface area contributed by atoms with Crippen molar-refractivity contribution in [2.24, 2.45) is 0 Å². The summed E-state index contributed by atoms with van der Waals surface area (Å²) in [6.45, 7) is 0.638. The summed E-state index contributed by atoms with van der Waals surface area (Å²) in [5.74, 6) is -0.534. The van der Waals surface area contributed by atoms with Gasteiger partial charge >= 0.3 is 5.97 Å². The summed E-state index contributed by atoms with van der Waals surface area (Å²) in [6, 6.07) is 10.4. The Morgan fingerprint density at radius 1 is 1.07 bits per heavy atom. The van der Waals surface area contributed by atoms with E-state index >= 15 is 0 Å². The van der Waals surface area contributed by atoms with Crippen molar-refractivity contribution in [3.63, 3.8) is 0 Å². The second-order valence-corrected chi connectivity index (χ2v) is 6.74. The highest BCUT2D eigenvalue weighted by molar-refractivity contribution is 5.92. The van der Waals surface area contributed by atoms with E-state index in [0.717, 1.165) is 30.6 Å². The first kappa shape index (κ1) is 19.6. The Labute approximate surface area is 165 Å². The number of ether oxygens (including phenoxy) is 1.